The van der Waals surface area contributed by atoms with E-state index in [-0.39, 0.29) is 33.9 Å². The van der Waals surface area contributed by atoms with Gasteiger partial charge in [0.05, 0.1) is 31.9 Å². The molecule has 3 aromatic carbocycles. The van der Waals surface area contributed by atoms with Crippen molar-refractivity contribution in [3.63, 3.8) is 0 Å². The molecular formula is C24H24F2N2O6S. The number of nitrogens with two attached hydrogens (primary N) is 1. The highest BCUT2D eigenvalue weighted by Gasteiger charge is 2.30. The molecule has 11 heteroatoms. The first-order chi connectivity index (χ1) is 16.6. The molecule has 186 valence electrons. The molecule has 0 aromatic heterocycles. The zero-order valence-electron chi connectivity index (χ0n) is 19.2. The Morgan fingerprint density at radius 2 is 1.57 bits per heavy atom. The van der Waals surface area contributed by atoms with E-state index < -0.39 is 34.1 Å². The highest BCUT2D eigenvalue weighted by molar-refractivity contribution is 7.92. The van der Waals surface area contributed by atoms with Gasteiger partial charge in [0.2, 0.25) is 5.91 Å². The van der Waals surface area contributed by atoms with E-state index in [1.54, 1.807) is 0 Å². The van der Waals surface area contributed by atoms with E-state index in [4.69, 9.17) is 19.9 Å². The zero-order valence-corrected chi connectivity index (χ0v) is 20.1. The fourth-order valence-electron chi connectivity index (χ4n) is 3.51. The summed E-state index contributed by atoms with van der Waals surface area (Å²) >= 11 is 0. The maximum Gasteiger partial charge on any atom is 0.264 e. The Labute approximate surface area is 201 Å². The topological polar surface area (TPSA) is 108 Å². The van der Waals surface area contributed by atoms with Crippen molar-refractivity contribution in [1.29, 1.82) is 0 Å². The molecule has 3 rings (SSSR count). The van der Waals surface area contributed by atoms with E-state index in [9.17, 15) is 22.0 Å². The summed E-state index contributed by atoms with van der Waals surface area (Å²) in [6, 6.07) is 11.6. The van der Waals surface area contributed by atoms with Gasteiger partial charge in [0.15, 0.2) is 11.5 Å². The number of carbonyl (C=O) groups excluding carboxylic acids is 1. The molecular weight excluding hydrogens is 482 g/mol. The minimum atomic E-state index is -4.39. The van der Waals surface area contributed by atoms with Gasteiger partial charge in [-0.25, -0.2) is 17.2 Å². The number of benzene rings is 3. The molecule has 0 aliphatic rings. The van der Waals surface area contributed by atoms with E-state index in [0.29, 0.717) is 11.5 Å². The van der Waals surface area contributed by atoms with Gasteiger partial charge in [-0.3, -0.25) is 9.10 Å². The molecule has 2 N–H and O–H groups in total. The predicted octanol–water partition coefficient (Wildman–Crippen LogP) is 3.26. The van der Waals surface area contributed by atoms with Gasteiger partial charge in [-0.1, -0.05) is 6.07 Å². The van der Waals surface area contributed by atoms with Gasteiger partial charge in [-0.05, 0) is 48.0 Å². The van der Waals surface area contributed by atoms with Crippen molar-refractivity contribution >= 4 is 21.6 Å². The van der Waals surface area contributed by atoms with Crippen LogP contribution in [0.5, 0.6) is 17.2 Å². The monoisotopic (exact) mass is 506 g/mol. The summed E-state index contributed by atoms with van der Waals surface area (Å²) < 4.78 is 72.5. The van der Waals surface area contributed by atoms with Crippen molar-refractivity contribution in [3.05, 3.63) is 77.4 Å². The minimum Gasteiger partial charge on any atom is -0.497 e. The van der Waals surface area contributed by atoms with Crippen LogP contribution < -0.4 is 24.2 Å². The van der Waals surface area contributed by atoms with Gasteiger partial charge in [0.1, 0.15) is 23.9 Å². The second-order valence-corrected chi connectivity index (χ2v) is 9.23. The summed E-state index contributed by atoms with van der Waals surface area (Å²) in [5, 5.41) is 0. The second-order valence-electron chi connectivity index (χ2n) is 7.37. The summed E-state index contributed by atoms with van der Waals surface area (Å²) in [4.78, 5) is 11.7. The van der Waals surface area contributed by atoms with Crippen LogP contribution in [0.25, 0.3) is 0 Å². The van der Waals surface area contributed by atoms with Crippen LogP contribution >= 0.6 is 0 Å². The first-order valence-corrected chi connectivity index (χ1v) is 11.7. The number of amides is 1. The summed E-state index contributed by atoms with van der Waals surface area (Å²) in [6.45, 7) is -0.726. The van der Waals surface area contributed by atoms with Crippen LogP contribution in [0, 0.1) is 11.6 Å². The molecule has 8 nitrogen and oxygen atoms in total. The Hall–Kier alpha value is -3.86. The second kappa shape index (κ2) is 10.6. The van der Waals surface area contributed by atoms with E-state index in [0.717, 1.165) is 16.4 Å². The average Bonchev–Trinajstić information content (AvgIpc) is 2.84. The molecule has 0 aliphatic heterocycles. The lowest BCUT2D eigenvalue weighted by Gasteiger charge is -2.26. The molecule has 0 saturated carbocycles. The Kier molecular flexibility index (Phi) is 7.80. The van der Waals surface area contributed by atoms with Crippen LogP contribution in [-0.4, -0.2) is 42.2 Å². The molecule has 0 aliphatic carbocycles. The van der Waals surface area contributed by atoms with Crippen molar-refractivity contribution < 1.29 is 36.2 Å². The van der Waals surface area contributed by atoms with E-state index in [2.05, 4.69) is 0 Å². The summed E-state index contributed by atoms with van der Waals surface area (Å²) in [5.74, 6) is -1.77. The van der Waals surface area contributed by atoms with Gasteiger partial charge in [0.25, 0.3) is 10.0 Å². The van der Waals surface area contributed by atoms with Crippen molar-refractivity contribution in [2.45, 2.75) is 11.3 Å². The average molecular weight is 507 g/mol. The Bertz CT molecular complexity index is 1330. The normalized spacial score (nSPS) is 11.1. The maximum atomic E-state index is 14.4. The third-order valence-electron chi connectivity index (χ3n) is 5.23. The highest BCUT2D eigenvalue weighted by atomic mass is 32.2. The Morgan fingerprint density at radius 3 is 2.14 bits per heavy atom. The highest BCUT2D eigenvalue weighted by Crippen LogP contribution is 2.35. The van der Waals surface area contributed by atoms with Crippen LogP contribution in [0.1, 0.15) is 11.1 Å². The van der Waals surface area contributed by atoms with Gasteiger partial charge in [-0.15, -0.1) is 0 Å². The maximum absolute atomic E-state index is 14.4. The number of halogens is 2. The van der Waals surface area contributed by atoms with Gasteiger partial charge >= 0.3 is 0 Å². The zero-order chi connectivity index (χ0) is 25.8. The standard InChI is InChI=1S/C24H24F2N2O6S/c1-32-16-7-9-21(15(11-16)12-18-19(25)5-4-6-20(18)26)28(14-24(27)29)35(30,31)17-8-10-22(33-2)23(13-17)34-3/h4-11,13H,12,14H2,1-3H3,(H2,27,29). The van der Waals surface area contributed by atoms with Crippen LogP contribution in [-0.2, 0) is 21.2 Å². The van der Waals surface area contributed by atoms with E-state index >= 15 is 0 Å². The molecule has 0 saturated heterocycles. The fraction of sp³-hybridized carbons (Fsp3) is 0.208. The van der Waals surface area contributed by atoms with Gasteiger partial charge in [-0.2, -0.15) is 0 Å². The van der Waals surface area contributed by atoms with E-state index in [1.165, 1.54) is 63.8 Å². The number of anilines is 1. The molecule has 0 spiro atoms. The molecule has 0 radical (unpaired) electrons. The van der Waals surface area contributed by atoms with Crippen LogP contribution in [0.4, 0.5) is 14.5 Å². The Balaban J connectivity index is 2.20. The lowest BCUT2D eigenvalue weighted by molar-refractivity contribution is -0.116. The molecule has 0 fully saturated rings. The van der Waals surface area contributed by atoms with Crippen molar-refractivity contribution in [3.8, 4) is 17.2 Å². The largest absolute Gasteiger partial charge is 0.497 e. The van der Waals surface area contributed by atoms with Gasteiger partial charge < -0.3 is 19.9 Å². The number of methoxy groups -OCH3 is 3. The minimum absolute atomic E-state index is 0.00189. The van der Waals surface area contributed by atoms with E-state index in [1.807, 2.05) is 0 Å². The van der Waals surface area contributed by atoms with Gasteiger partial charge in [0, 0.05) is 18.1 Å². The van der Waals surface area contributed by atoms with Crippen molar-refractivity contribution in [1.82, 2.24) is 0 Å². The number of hydrogen-bond acceptors (Lipinski definition) is 6. The fourth-order valence-corrected chi connectivity index (χ4v) is 5.00. The number of primary amides is 1. The van der Waals surface area contributed by atoms with Crippen LogP contribution in [0.2, 0.25) is 0 Å². The number of sulfonamides is 1. The third kappa shape index (κ3) is 5.46. The van der Waals surface area contributed by atoms with Crippen LogP contribution in [0.3, 0.4) is 0 Å². The summed E-state index contributed by atoms with van der Waals surface area (Å²) in [7, 11) is -0.253. The molecule has 0 unspecified atom stereocenters. The Morgan fingerprint density at radius 1 is 0.914 bits per heavy atom. The molecule has 0 heterocycles. The number of nitrogens with zero attached hydrogens (tertiary/aromatic N) is 1. The predicted molar refractivity (Wildman–Crippen MR) is 125 cm³/mol. The molecule has 0 atom stereocenters. The quantitative estimate of drug-likeness (QED) is 0.452. The first-order valence-electron chi connectivity index (χ1n) is 10.2. The van der Waals surface area contributed by atoms with Crippen LogP contribution in [0.15, 0.2) is 59.5 Å². The van der Waals surface area contributed by atoms with Crippen molar-refractivity contribution in [2.75, 3.05) is 32.2 Å². The first kappa shape index (κ1) is 25.8. The molecule has 1 amide bonds. The summed E-state index contributed by atoms with van der Waals surface area (Å²) in [5.41, 5.74) is 5.30. The smallest absolute Gasteiger partial charge is 0.264 e. The number of hydrogen-bond donors (Lipinski definition) is 1. The lowest BCUT2D eigenvalue weighted by atomic mass is 10.0. The number of rotatable bonds is 10. The SMILES string of the molecule is COc1ccc(N(CC(N)=O)S(=O)(=O)c2ccc(OC)c(OC)c2)c(Cc2c(F)cccc2F)c1. The summed E-state index contributed by atoms with van der Waals surface area (Å²) in [6.07, 6.45) is -0.318. The number of ether oxygens (including phenoxy) is 3. The van der Waals surface area contributed by atoms with Crippen molar-refractivity contribution in [2.24, 2.45) is 5.73 Å². The number of carbonyl (C=O) groups is 1. The molecule has 3 aromatic rings. The third-order valence-corrected chi connectivity index (χ3v) is 6.98. The molecule has 0 bridgehead atoms. The molecule has 35 heavy (non-hydrogen) atoms. The lowest BCUT2D eigenvalue weighted by Crippen LogP contribution is -2.39.